The molecular weight excluding hydrogens is 294 g/mol. The van der Waals surface area contributed by atoms with Crippen LogP contribution in [0.1, 0.15) is 44.4 Å². The Bertz CT molecular complexity index is 479. The molecule has 0 spiro atoms. The van der Waals surface area contributed by atoms with E-state index in [1.807, 2.05) is 19.1 Å². The molecule has 0 aliphatic carbocycles. The van der Waals surface area contributed by atoms with Crippen LogP contribution in [-0.2, 0) is 4.74 Å². The average molecular weight is 321 g/mol. The first kappa shape index (κ1) is 16.3. The van der Waals surface area contributed by atoms with Crippen molar-refractivity contribution < 1.29 is 13.9 Å². The molecule has 0 unspecified atom stereocenters. The molecule has 1 aromatic rings. The third-order valence-corrected chi connectivity index (χ3v) is 4.79. The Hall–Kier alpha value is -1.53. The van der Waals surface area contributed by atoms with Crippen LogP contribution in [0.2, 0.25) is 0 Å². The van der Waals surface area contributed by atoms with Gasteiger partial charge in [-0.25, -0.2) is 4.79 Å². The summed E-state index contributed by atoms with van der Waals surface area (Å²) in [5.41, 5.74) is 0. The molecule has 3 heterocycles. The monoisotopic (exact) mass is 321 g/mol. The summed E-state index contributed by atoms with van der Waals surface area (Å²) < 4.78 is 11.2. The molecule has 0 radical (unpaired) electrons. The molecule has 0 bridgehead atoms. The maximum Gasteiger partial charge on any atom is 0.315 e. The molecule has 0 aromatic carbocycles. The summed E-state index contributed by atoms with van der Waals surface area (Å²) in [7, 11) is 0. The maximum absolute atomic E-state index is 12.2. The third kappa shape index (κ3) is 4.26. The highest BCUT2D eigenvalue weighted by atomic mass is 16.5. The lowest BCUT2D eigenvalue weighted by atomic mass is 10.1. The summed E-state index contributed by atoms with van der Waals surface area (Å²) in [6.45, 7) is 5.47. The van der Waals surface area contributed by atoms with E-state index in [1.165, 1.54) is 12.8 Å². The van der Waals surface area contributed by atoms with Crippen LogP contribution < -0.4 is 10.6 Å². The number of carbonyl (C=O) groups excluding carboxylic acids is 1. The summed E-state index contributed by atoms with van der Waals surface area (Å²) in [6, 6.07) is 3.89. The molecule has 2 saturated heterocycles. The van der Waals surface area contributed by atoms with Crippen molar-refractivity contribution in [3.8, 4) is 0 Å². The predicted molar refractivity (Wildman–Crippen MR) is 87.2 cm³/mol. The lowest BCUT2D eigenvalue weighted by Gasteiger charge is -2.27. The summed E-state index contributed by atoms with van der Waals surface area (Å²) in [4.78, 5) is 14.5. The van der Waals surface area contributed by atoms with Crippen molar-refractivity contribution in [3.63, 3.8) is 0 Å². The summed E-state index contributed by atoms with van der Waals surface area (Å²) in [6.07, 6.45) is 6.34. The van der Waals surface area contributed by atoms with Crippen molar-refractivity contribution >= 4 is 6.03 Å². The number of nitrogens with one attached hydrogen (secondary N) is 2. The highest BCUT2D eigenvalue weighted by Gasteiger charge is 2.27. The zero-order valence-electron chi connectivity index (χ0n) is 13.8. The molecule has 2 N–H and O–H groups in total. The standard InChI is InChI=1S/C17H27N3O3/c1-13(15-6-4-10-22-15)19-17(21)18-12-14(16-7-5-11-23-16)20-8-2-3-9-20/h5,7,11,13-15H,2-4,6,8-10,12H2,1H3,(H2,18,19,21)/t13-,14+,15+/m0/s1. The highest BCUT2D eigenvalue weighted by Crippen LogP contribution is 2.24. The number of ether oxygens (including phenoxy) is 1. The number of nitrogens with zero attached hydrogens (tertiary/aromatic N) is 1. The van der Waals surface area contributed by atoms with E-state index in [0.717, 1.165) is 38.3 Å². The van der Waals surface area contributed by atoms with Gasteiger partial charge >= 0.3 is 6.03 Å². The van der Waals surface area contributed by atoms with Gasteiger partial charge in [0, 0.05) is 13.2 Å². The van der Waals surface area contributed by atoms with Crippen molar-refractivity contribution in [1.82, 2.24) is 15.5 Å². The van der Waals surface area contributed by atoms with Crippen molar-refractivity contribution in [3.05, 3.63) is 24.2 Å². The number of hydrogen-bond donors (Lipinski definition) is 2. The summed E-state index contributed by atoms with van der Waals surface area (Å²) in [5.74, 6) is 0.916. The van der Waals surface area contributed by atoms with Gasteiger partial charge < -0.3 is 19.8 Å². The first-order valence-electron chi connectivity index (χ1n) is 8.67. The van der Waals surface area contributed by atoms with Gasteiger partial charge in [0.25, 0.3) is 0 Å². The quantitative estimate of drug-likeness (QED) is 0.843. The van der Waals surface area contributed by atoms with E-state index >= 15 is 0 Å². The van der Waals surface area contributed by atoms with E-state index in [9.17, 15) is 4.79 Å². The van der Waals surface area contributed by atoms with Crippen LogP contribution in [-0.4, -0.2) is 49.3 Å². The summed E-state index contributed by atoms with van der Waals surface area (Å²) in [5, 5.41) is 5.98. The number of urea groups is 1. The fraction of sp³-hybridized carbons (Fsp3) is 0.706. The minimum Gasteiger partial charge on any atom is -0.468 e. The molecule has 3 rings (SSSR count). The van der Waals surface area contributed by atoms with Crippen LogP contribution in [0.3, 0.4) is 0 Å². The molecule has 23 heavy (non-hydrogen) atoms. The van der Waals surface area contributed by atoms with Crippen LogP contribution in [0.15, 0.2) is 22.8 Å². The topological polar surface area (TPSA) is 66.7 Å². The molecule has 2 aliphatic heterocycles. The van der Waals surface area contributed by atoms with Gasteiger partial charge in [-0.3, -0.25) is 4.90 Å². The van der Waals surface area contributed by atoms with E-state index in [2.05, 4.69) is 15.5 Å². The Balaban J connectivity index is 1.50. The third-order valence-electron chi connectivity index (χ3n) is 4.79. The molecular formula is C17H27N3O3. The normalized spacial score (nSPS) is 24.5. The largest absolute Gasteiger partial charge is 0.468 e. The summed E-state index contributed by atoms with van der Waals surface area (Å²) >= 11 is 0. The Kier molecular flexibility index (Phi) is 5.56. The molecule has 6 heteroatoms. The average Bonchev–Trinajstić information content (AvgIpc) is 3.30. The Morgan fingerprint density at radius 2 is 2.22 bits per heavy atom. The van der Waals surface area contributed by atoms with E-state index in [4.69, 9.17) is 9.15 Å². The second-order valence-corrected chi connectivity index (χ2v) is 6.47. The smallest absolute Gasteiger partial charge is 0.315 e. The van der Waals surface area contributed by atoms with Gasteiger partial charge in [-0.05, 0) is 57.8 Å². The van der Waals surface area contributed by atoms with Gasteiger partial charge in [-0.15, -0.1) is 0 Å². The fourth-order valence-electron chi connectivity index (χ4n) is 3.48. The van der Waals surface area contributed by atoms with Crippen LogP contribution in [0.25, 0.3) is 0 Å². The van der Waals surface area contributed by atoms with Gasteiger partial charge in [0.2, 0.25) is 0 Å². The molecule has 2 amide bonds. The van der Waals surface area contributed by atoms with E-state index in [-0.39, 0.29) is 24.2 Å². The SMILES string of the molecule is C[C@H](NC(=O)NC[C@H](c1ccco1)N1CCCC1)[C@H]1CCCO1. The predicted octanol–water partition coefficient (Wildman–Crippen LogP) is 2.28. The van der Waals surface area contributed by atoms with E-state index in [0.29, 0.717) is 6.54 Å². The van der Waals surface area contributed by atoms with E-state index < -0.39 is 0 Å². The lowest BCUT2D eigenvalue weighted by Crippen LogP contribution is -2.47. The zero-order valence-corrected chi connectivity index (χ0v) is 13.8. The van der Waals surface area contributed by atoms with Crippen LogP contribution in [0, 0.1) is 0 Å². The second kappa shape index (κ2) is 7.84. The number of hydrogen-bond acceptors (Lipinski definition) is 4. The lowest BCUT2D eigenvalue weighted by molar-refractivity contribution is 0.0858. The number of amides is 2. The van der Waals surface area contributed by atoms with Crippen LogP contribution in [0.5, 0.6) is 0 Å². The van der Waals surface area contributed by atoms with Crippen molar-refractivity contribution in [2.24, 2.45) is 0 Å². The zero-order chi connectivity index (χ0) is 16.1. The fourth-order valence-corrected chi connectivity index (χ4v) is 3.48. The molecule has 3 atom stereocenters. The number of carbonyl (C=O) groups is 1. The van der Waals surface area contributed by atoms with Crippen LogP contribution >= 0.6 is 0 Å². The minimum atomic E-state index is -0.135. The first-order chi connectivity index (χ1) is 11.2. The maximum atomic E-state index is 12.2. The molecule has 0 saturated carbocycles. The van der Waals surface area contributed by atoms with Gasteiger partial charge in [0.1, 0.15) is 5.76 Å². The van der Waals surface area contributed by atoms with Gasteiger partial charge in [0.15, 0.2) is 0 Å². The Morgan fingerprint density at radius 1 is 1.39 bits per heavy atom. The van der Waals surface area contributed by atoms with Crippen molar-refractivity contribution in [2.45, 2.75) is 50.8 Å². The molecule has 6 nitrogen and oxygen atoms in total. The van der Waals surface area contributed by atoms with Crippen LogP contribution in [0.4, 0.5) is 4.79 Å². The number of likely N-dealkylation sites (tertiary alicyclic amines) is 1. The first-order valence-corrected chi connectivity index (χ1v) is 8.67. The van der Waals surface area contributed by atoms with Crippen molar-refractivity contribution in [2.75, 3.05) is 26.2 Å². The Morgan fingerprint density at radius 3 is 2.87 bits per heavy atom. The van der Waals surface area contributed by atoms with Gasteiger partial charge in [-0.2, -0.15) is 0 Å². The Labute approximate surface area is 137 Å². The van der Waals surface area contributed by atoms with E-state index in [1.54, 1.807) is 6.26 Å². The second-order valence-electron chi connectivity index (χ2n) is 6.47. The molecule has 128 valence electrons. The number of rotatable bonds is 6. The minimum absolute atomic E-state index is 0.0337. The van der Waals surface area contributed by atoms with Gasteiger partial charge in [-0.1, -0.05) is 0 Å². The highest BCUT2D eigenvalue weighted by molar-refractivity contribution is 5.74. The molecule has 2 aliphatic rings. The number of furan rings is 1. The van der Waals surface area contributed by atoms with Gasteiger partial charge in [0.05, 0.1) is 24.5 Å². The van der Waals surface area contributed by atoms with Crippen molar-refractivity contribution in [1.29, 1.82) is 0 Å². The molecule has 2 fully saturated rings. The molecule has 1 aromatic heterocycles.